The number of carbonyl (C=O) groups is 1. The summed E-state index contributed by atoms with van der Waals surface area (Å²) in [5.41, 5.74) is 0.789. The van der Waals surface area contributed by atoms with Crippen molar-refractivity contribution in [3.05, 3.63) is 18.0 Å². The van der Waals surface area contributed by atoms with E-state index in [-0.39, 0.29) is 11.9 Å². The summed E-state index contributed by atoms with van der Waals surface area (Å²) in [7, 11) is 5.88. The van der Waals surface area contributed by atoms with E-state index in [1.165, 1.54) is 0 Å². The molecule has 0 spiro atoms. The molecule has 4 heterocycles. The smallest absolute Gasteiger partial charge is 0.239 e. The second-order valence-electron chi connectivity index (χ2n) is 7.64. The van der Waals surface area contributed by atoms with Gasteiger partial charge in [0.1, 0.15) is 5.82 Å². The minimum atomic E-state index is 0.0586. The van der Waals surface area contributed by atoms with Gasteiger partial charge in [-0.2, -0.15) is 4.52 Å². The van der Waals surface area contributed by atoms with Crippen LogP contribution in [0.5, 0.6) is 0 Å². The maximum atomic E-state index is 12.5. The number of carbonyl (C=O) groups excluding carboxylic acids is 1. The summed E-state index contributed by atoms with van der Waals surface area (Å²) in [5.74, 6) is 2.45. The lowest BCUT2D eigenvalue weighted by Gasteiger charge is -2.40. The van der Waals surface area contributed by atoms with Gasteiger partial charge in [-0.3, -0.25) is 9.69 Å². The average Bonchev–Trinajstić information content (AvgIpc) is 3.07. The molecule has 2 aromatic rings. The van der Waals surface area contributed by atoms with E-state index in [9.17, 15) is 4.79 Å². The molecule has 0 radical (unpaired) electrons. The van der Waals surface area contributed by atoms with Crippen molar-refractivity contribution in [1.29, 1.82) is 0 Å². The maximum Gasteiger partial charge on any atom is 0.239 e. The fraction of sp³-hybridized carbons (Fsp3) is 0.667. The Kier molecular flexibility index (Phi) is 4.52. The first-order valence-corrected chi connectivity index (χ1v) is 9.43. The molecule has 140 valence electrons. The molecular weight excluding hydrogens is 330 g/mol. The van der Waals surface area contributed by atoms with Gasteiger partial charge in [-0.15, -0.1) is 15.3 Å². The highest BCUT2D eigenvalue weighted by Crippen LogP contribution is 2.29. The molecule has 8 heteroatoms. The van der Waals surface area contributed by atoms with Gasteiger partial charge in [-0.25, -0.2) is 0 Å². The lowest BCUT2D eigenvalue weighted by molar-refractivity contribution is -0.139. The van der Waals surface area contributed by atoms with Crippen molar-refractivity contribution in [3.8, 4) is 0 Å². The number of amides is 1. The number of rotatable bonds is 3. The van der Waals surface area contributed by atoms with Crippen LogP contribution in [-0.4, -0.2) is 82.3 Å². The highest BCUT2D eigenvalue weighted by atomic mass is 16.2. The van der Waals surface area contributed by atoms with Crippen LogP contribution < -0.4 is 4.90 Å². The highest BCUT2D eigenvalue weighted by Gasteiger charge is 2.35. The van der Waals surface area contributed by atoms with Gasteiger partial charge >= 0.3 is 0 Å². The Balaban J connectivity index is 1.49. The molecule has 0 bridgehead atoms. The van der Waals surface area contributed by atoms with Crippen LogP contribution in [0.3, 0.4) is 0 Å². The van der Waals surface area contributed by atoms with E-state index in [1.807, 2.05) is 47.6 Å². The van der Waals surface area contributed by atoms with Crippen molar-refractivity contribution < 1.29 is 4.79 Å². The highest BCUT2D eigenvalue weighted by molar-refractivity contribution is 5.82. The minimum Gasteiger partial charge on any atom is -0.361 e. The zero-order chi connectivity index (χ0) is 18.3. The van der Waals surface area contributed by atoms with Gasteiger partial charge < -0.3 is 9.80 Å². The number of nitrogens with zero attached hydrogens (tertiary/aromatic N) is 7. The third-order valence-electron chi connectivity index (χ3n) is 5.70. The largest absolute Gasteiger partial charge is 0.361 e. The molecule has 2 aromatic heterocycles. The molecular formula is C18H27N7O. The van der Waals surface area contributed by atoms with Crippen LogP contribution in [0.1, 0.15) is 37.4 Å². The number of piperidine rings is 2. The SMILES string of the molecule is CN1CCCC(N2CCC(c3nnc4ccc(N(C)C)nn34)CC2)C1=O. The zero-order valence-corrected chi connectivity index (χ0v) is 15.8. The van der Waals surface area contributed by atoms with Crippen LogP contribution in [0.25, 0.3) is 5.65 Å². The van der Waals surface area contributed by atoms with Crippen LogP contribution in [0.4, 0.5) is 5.82 Å². The summed E-state index contributed by atoms with van der Waals surface area (Å²) in [6.07, 6.45) is 4.05. The van der Waals surface area contributed by atoms with Crippen LogP contribution in [-0.2, 0) is 4.79 Å². The summed E-state index contributed by atoms with van der Waals surface area (Å²) < 4.78 is 1.88. The first-order chi connectivity index (χ1) is 12.5. The Bertz CT molecular complexity index is 794. The zero-order valence-electron chi connectivity index (χ0n) is 15.8. The van der Waals surface area contributed by atoms with Crippen molar-refractivity contribution in [2.45, 2.75) is 37.6 Å². The van der Waals surface area contributed by atoms with Gasteiger partial charge in [0.25, 0.3) is 0 Å². The lowest BCUT2D eigenvalue weighted by Crippen LogP contribution is -2.53. The number of hydrogen-bond donors (Lipinski definition) is 0. The third-order valence-corrected chi connectivity index (χ3v) is 5.70. The first kappa shape index (κ1) is 17.2. The molecule has 8 nitrogen and oxygen atoms in total. The Morgan fingerprint density at radius 3 is 2.58 bits per heavy atom. The number of anilines is 1. The van der Waals surface area contributed by atoms with Crippen molar-refractivity contribution in [2.75, 3.05) is 45.7 Å². The summed E-state index contributed by atoms with van der Waals surface area (Å²) in [6.45, 7) is 2.74. The van der Waals surface area contributed by atoms with Gasteiger partial charge in [-0.1, -0.05) is 0 Å². The summed E-state index contributed by atoms with van der Waals surface area (Å²) >= 11 is 0. The van der Waals surface area contributed by atoms with Crippen LogP contribution in [0.15, 0.2) is 12.1 Å². The van der Waals surface area contributed by atoms with Crippen LogP contribution in [0, 0.1) is 0 Å². The number of fused-ring (bicyclic) bond motifs is 1. The summed E-state index contributed by atoms with van der Waals surface area (Å²) in [5, 5.41) is 13.4. The van der Waals surface area contributed by atoms with Gasteiger partial charge in [0, 0.05) is 33.6 Å². The summed E-state index contributed by atoms with van der Waals surface area (Å²) in [6, 6.07) is 3.98. The monoisotopic (exact) mass is 357 g/mol. The molecule has 1 unspecified atom stereocenters. The average molecular weight is 357 g/mol. The van der Waals surface area contributed by atoms with E-state index in [2.05, 4.69) is 20.2 Å². The number of likely N-dealkylation sites (N-methyl/N-ethyl adjacent to an activating group) is 1. The van der Waals surface area contributed by atoms with Crippen LogP contribution in [0.2, 0.25) is 0 Å². The maximum absolute atomic E-state index is 12.5. The van der Waals surface area contributed by atoms with Crippen molar-refractivity contribution in [1.82, 2.24) is 29.6 Å². The van der Waals surface area contributed by atoms with Crippen LogP contribution >= 0.6 is 0 Å². The normalized spacial score (nSPS) is 23.0. The van der Waals surface area contributed by atoms with Crippen molar-refractivity contribution in [3.63, 3.8) is 0 Å². The predicted molar refractivity (Wildman–Crippen MR) is 99.3 cm³/mol. The Labute approximate surface area is 153 Å². The van der Waals surface area contributed by atoms with Gasteiger partial charge in [0.15, 0.2) is 11.5 Å². The van der Waals surface area contributed by atoms with E-state index in [1.54, 1.807) is 0 Å². The fourth-order valence-corrected chi connectivity index (χ4v) is 4.11. The number of aromatic nitrogens is 4. The Morgan fingerprint density at radius 2 is 1.85 bits per heavy atom. The van der Waals surface area contributed by atoms with Gasteiger partial charge in [-0.05, 0) is 50.9 Å². The predicted octanol–water partition coefficient (Wildman–Crippen LogP) is 0.990. The second-order valence-corrected chi connectivity index (χ2v) is 7.64. The molecule has 0 N–H and O–H groups in total. The van der Waals surface area contributed by atoms with E-state index in [4.69, 9.17) is 0 Å². The molecule has 2 saturated heterocycles. The first-order valence-electron chi connectivity index (χ1n) is 9.43. The second kappa shape index (κ2) is 6.83. The van der Waals surface area contributed by atoms with Crippen molar-refractivity contribution in [2.24, 2.45) is 0 Å². The van der Waals surface area contributed by atoms with E-state index >= 15 is 0 Å². The molecule has 0 aromatic carbocycles. The van der Waals surface area contributed by atoms with Crippen molar-refractivity contribution >= 4 is 17.4 Å². The molecule has 2 fully saturated rings. The third kappa shape index (κ3) is 3.02. The number of hydrogen-bond acceptors (Lipinski definition) is 6. The Morgan fingerprint density at radius 1 is 1.08 bits per heavy atom. The molecule has 4 rings (SSSR count). The lowest BCUT2D eigenvalue weighted by atomic mass is 9.93. The standard InChI is InChI=1S/C18H27N7O/c1-22(2)16-7-6-15-19-20-17(25(15)21-16)13-8-11-24(12-9-13)14-5-4-10-23(3)18(14)26/h6-7,13-14H,4-5,8-12H2,1-3H3. The molecule has 2 aliphatic rings. The molecule has 0 saturated carbocycles. The summed E-state index contributed by atoms with van der Waals surface area (Å²) in [4.78, 5) is 18.7. The number of likely N-dealkylation sites (tertiary alicyclic amines) is 2. The van der Waals surface area contributed by atoms with E-state index < -0.39 is 0 Å². The molecule has 1 amide bonds. The van der Waals surface area contributed by atoms with E-state index in [0.29, 0.717) is 5.92 Å². The van der Waals surface area contributed by atoms with E-state index in [0.717, 1.165) is 62.6 Å². The Hall–Kier alpha value is -2.22. The van der Waals surface area contributed by atoms with Gasteiger partial charge in [0.2, 0.25) is 5.91 Å². The molecule has 2 aliphatic heterocycles. The minimum absolute atomic E-state index is 0.0586. The quantitative estimate of drug-likeness (QED) is 0.816. The molecule has 1 atom stereocenters. The molecule has 0 aliphatic carbocycles. The fourth-order valence-electron chi connectivity index (χ4n) is 4.11. The topological polar surface area (TPSA) is 69.9 Å². The molecule has 26 heavy (non-hydrogen) atoms. The van der Waals surface area contributed by atoms with Gasteiger partial charge in [0.05, 0.1) is 6.04 Å².